The van der Waals surface area contributed by atoms with E-state index in [0.29, 0.717) is 5.52 Å². The Morgan fingerprint density at radius 1 is 1.00 bits per heavy atom. The molecule has 2 aliphatic rings. The van der Waals surface area contributed by atoms with E-state index in [2.05, 4.69) is 48.0 Å². The van der Waals surface area contributed by atoms with Gasteiger partial charge in [0.15, 0.2) is 5.65 Å². The Morgan fingerprint density at radius 2 is 1.67 bits per heavy atom. The highest BCUT2D eigenvalue weighted by Crippen LogP contribution is 2.36. The summed E-state index contributed by atoms with van der Waals surface area (Å²) < 4.78 is 21.5. The topological polar surface area (TPSA) is 99.2 Å². The third kappa shape index (κ3) is 6.34. The van der Waals surface area contributed by atoms with E-state index < -0.39 is 30.0 Å². The van der Waals surface area contributed by atoms with Crippen molar-refractivity contribution in [1.29, 1.82) is 0 Å². The summed E-state index contributed by atoms with van der Waals surface area (Å²) in [7, 11) is 1.71. The van der Waals surface area contributed by atoms with Gasteiger partial charge in [-0.3, -0.25) is 0 Å². The zero-order valence-electron chi connectivity index (χ0n) is 25.6. The molecule has 224 valence electrons. The molecule has 0 atom stereocenters. The van der Waals surface area contributed by atoms with Crippen LogP contribution in [0.15, 0.2) is 47.3 Å². The molecule has 13 heteroatoms. The number of likely N-dealkylation sites (N-methyl/N-ethyl adjacent to an activating group) is 1. The first-order chi connectivity index (χ1) is 19.6. The van der Waals surface area contributed by atoms with Crippen LogP contribution in [0.1, 0.15) is 48.5 Å². The van der Waals surface area contributed by atoms with Gasteiger partial charge in [0.1, 0.15) is 16.0 Å². The number of hydrogen-bond donors (Lipinski definition) is 0. The van der Waals surface area contributed by atoms with Crippen molar-refractivity contribution in [2.24, 2.45) is 0 Å². The lowest BCUT2D eigenvalue weighted by atomic mass is 9.79. The average molecular weight is 640 g/mol. The van der Waals surface area contributed by atoms with Crippen molar-refractivity contribution < 1.29 is 18.8 Å². The van der Waals surface area contributed by atoms with Gasteiger partial charge in [0.05, 0.1) is 29.1 Å². The van der Waals surface area contributed by atoms with Gasteiger partial charge in [0.25, 0.3) is 0 Å². The van der Waals surface area contributed by atoms with Crippen molar-refractivity contribution in [1.82, 2.24) is 29.3 Å². The standard InChI is InChI=1S/C18H25BN2O4.C11H14BrN5/c1-16(2,3)23-15(22)21-14-9-8-13(10-12(14)11-20-21)19-24-17(4,5)18(6,7)25-19;1-15-4-6-16(7-5-15)11-3-2-10-13-8-9(12)17(10)14-11/h8-11H,1-7H3;2-3,8H,4-7H2,1H3. The molecule has 1 aromatic carbocycles. The lowest BCUT2D eigenvalue weighted by molar-refractivity contribution is 0.00578. The van der Waals surface area contributed by atoms with Gasteiger partial charge < -0.3 is 23.8 Å². The first-order valence-electron chi connectivity index (χ1n) is 14.1. The molecule has 2 fully saturated rings. The molecule has 42 heavy (non-hydrogen) atoms. The van der Waals surface area contributed by atoms with E-state index in [1.165, 1.54) is 4.68 Å². The molecule has 2 aliphatic heterocycles. The maximum Gasteiger partial charge on any atom is 0.494 e. The number of fused-ring (bicyclic) bond motifs is 2. The summed E-state index contributed by atoms with van der Waals surface area (Å²) in [5, 5.41) is 9.59. The fourth-order valence-corrected chi connectivity index (χ4v) is 5.03. The smallest absolute Gasteiger partial charge is 0.442 e. The van der Waals surface area contributed by atoms with Crippen molar-refractivity contribution in [3.8, 4) is 0 Å². The maximum absolute atomic E-state index is 12.3. The Morgan fingerprint density at radius 3 is 2.31 bits per heavy atom. The average Bonchev–Trinajstić information content (AvgIpc) is 3.56. The van der Waals surface area contributed by atoms with E-state index in [0.717, 1.165) is 53.1 Å². The zero-order chi connectivity index (χ0) is 30.4. The lowest BCUT2D eigenvalue weighted by Gasteiger charge is -2.33. The van der Waals surface area contributed by atoms with Crippen molar-refractivity contribution >= 4 is 57.0 Å². The molecular formula is C29H39BBrN7O4. The van der Waals surface area contributed by atoms with E-state index in [1.807, 2.05) is 83.3 Å². The van der Waals surface area contributed by atoms with Gasteiger partial charge >= 0.3 is 13.2 Å². The van der Waals surface area contributed by atoms with Crippen LogP contribution in [0, 0.1) is 0 Å². The molecule has 0 aliphatic carbocycles. The molecule has 3 aromatic heterocycles. The Bertz CT molecular complexity index is 1570. The molecule has 0 bridgehead atoms. The minimum Gasteiger partial charge on any atom is -0.442 e. The third-order valence-corrected chi connectivity index (χ3v) is 8.36. The second-order valence-electron chi connectivity index (χ2n) is 12.8. The van der Waals surface area contributed by atoms with Crippen molar-refractivity contribution in [2.45, 2.75) is 65.3 Å². The number of nitrogens with zero attached hydrogens (tertiary/aromatic N) is 7. The first-order valence-corrected chi connectivity index (χ1v) is 14.9. The van der Waals surface area contributed by atoms with Crippen LogP contribution in [-0.4, -0.2) is 92.5 Å². The largest absolute Gasteiger partial charge is 0.494 e. The number of rotatable bonds is 2. The highest BCUT2D eigenvalue weighted by atomic mass is 79.9. The molecule has 0 radical (unpaired) electrons. The fourth-order valence-electron chi connectivity index (χ4n) is 4.67. The Labute approximate surface area is 255 Å². The van der Waals surface area contributed by atoms with Crippen LogP contribution in [0.4, 0.5) is 10.6 Å². The summed E-state index contributed by atoms with van der Waals surface area (Å²) in [4.78, 5) is 21.2. The van der Waals surface area contributed by atoms with Crippen LogP contribution in [-0.2, 0) is 14.0 Å². The van der Waals surface area contributed by atoms with E-state index in [9.17, 15) is 4.79 Å². The monoisotopic (exact) mass is 639 g/mol. The number of carbonyl (C=O) groups is 1. The molecule has 4 aromatic rings. The van der Waals surface area contributed by atoms with Gasteiger partial charge in [-0.2, -0.15) is 9.78 Å². The Hall–Kier alpha value is -3.00. The number of ether oxygens (including phenoxy) is 1. The van der Waals surface area contributed by atoms with Gasteiger partial charge in [-0.1, -0.05) is 12.1 Å². The van der Waals surface area contributed by atoms with Crippen LogP contribution < -0.4 is 10.4 Å². The van der Waals surface area contributed by atoms with Gasteiger partial charge in [-0.25, -0.2) is 14.3 Å². The lowest BCUT2D eigenvalue weighted by Crippen LogP contribution is -2.44. The first kappa shape index (κ1) is 30.5. The van der Waals surface area contributed by atoms with Gasteiger partial charge in [0.2, 0.25) is 0 Å². The predicted molar refractivity (Wildman–Crippen MR) is 167 cm³/mol. The molecule has 0 saturated carbocycles. The summed E-state index contributed by atoms with van der Waals surface area (Å²) in [6.45, 7) is 17.8. The summed E-state index contributed by atoms with van der Waals surface area (Å²) in [5.41, 5.74) is 1.10. The molecule has 0 N–H and O–H groups in total. The molecular weight excluding hydrogens is 601 g/mol. The SMILES string of the molecule is CC(C)(C)OC(=O)n1ncc2cc(B3OC(C)(C)C(C)(C)O3)ccc21.CN1CCN(c2ccc3ncc(Br)n3n2)CC1. The number of hydrogen-bond acceptors (Lipinski definition) is 9. The number of imidazole rings is 1. The predicted octanol–water partition coefficient (Wildman–Crippen LogP) is 4.36. The molecule has 2 saturated heterocycles. The highest BCUT2D eigenvalue weighted by Gasteiger charge is 2.51. The molecule has 6 rings (SSSR count). The van der Waals surface area contributed by atoms with E-state index in [4.69, 9.17) is 14.0 Å². The zero-order valence-corrected chi connectivity index (χ0v) is 27.2. The summed E-state index contributed by atoms with van der Waals surface area (Å²) in [5.74, 6) is 1.02. The van der Waals surface area contributed by atoms with Crippen LogP contribution in [0.25, 0.3) is 16.6 Å². The van der Waals surface area contributed by atoms with Gasteiger partial charge in [-0.15, -0.1) is 5.10 Å². The van der Waals surface area contributed by atoms with Crippen LogP contribution in [0.2, 0.25) is 0 Å². The number of benzene rings is 1. The number of anilines is 1. The second-order valence-corrected chi connectivity index (χ2v) is 13.6. The number of halogens is 1. The maximum atomic E-state index is 12.3. The molecule has 11 nitrogen and oxygen atoms in total. The van der Waals surface area contributed by atoms with E-state index >= 15 is 0 Å². The summed E-state index contributed by atoms with van der Waals surface area (Å²) in [6, 6.07) is 9.72. The third-order valence-electron chi connectivity index (χ3n) is 7.82. The minimum absolute atomic E-state index is 0.396. The van der Waals surface area contributed by atoms with Crippen molar-refractivity contribution in [3.63, 3.8) is 0 Å². The highest BCUT2D eigenvalue weighted by molar-refractivity contribution is 9.10. The minimum atomic E-state index is -0.571. The van der Waals surface area contributed by atoms with Crippen LogP contribution in [0.3, 0.4) is 0 Å². The Kier molecular flexibility index (Phi) is 8.16. The molecule has 0 unspecified atom stereocenters. The quantitative estimate of drug-likeness (QED) is 0.296. The van der Waals surface area contributed by atoms with Crippen molar-refractivity contribution in [3.05, 3.63) is 47.3 Å². The van der Waals surface area contributed by atoms with E-state index in [1.54, 1.807) is 12.4 Å². The number of aromatic nitrogens is 5. The van der Waals surface area contributed by atoms with Crippen LogP contribution in [0.5, 0.6) is 0 Å². The molecule has 0 spiro atoms. The Balaban J connectivity index is 0.000000180. The van der Waals surface area contributed by atoms with Crippen LogP contribution >= 0.6 is 15.9 Å². The molecule has 5 heterocycles. The second kappa shape index (κ2) is 11.3. The van der Waals surface area contributed by atoms with Gasteiger partial charge in [0, 0.05) is 31.6 Å². The van der Waals surface area contributed by atoms with Gasteiger partial charge in [-0.05, 0) is 95.1 Å². The normalized spacial score (nSPS) is 18.8. The number of carbonyl (C=O) groups excluding carboxylic acids is 1. The van der Waals surface area contributed by atoms with Crippen molar-refractivity contribution in [2.75, 3.05) is 38.1 Å². The summed E-state index contributed by atoms with van der Waals surface area (Å²) in [6.07, 6.45) is 2.93. The fraction of sp³-hybridized carbons (Fsp3) is 0.517. The molecule has 0 amide bonds. The number of piperazine rings is 1. The summed E-state index contributed by atoms with van der Waals surface area (Å²) >= 11 is 3.45. The van der Waals surface area contributed by atoms with E-state index in [-0.39, 0.29) is 0 Å².